The van der Waals surface area contributed by atoms with Crippen molar-refractivity contribution >= 4 is 17.5 Å². The third-order valence-corrected chi connectivity index (χ3v) is 6.39. The van der Waals surface area contributed by atoms with Crippen LogP contribution in [-0.2, 0) is 30.9 Å². The minimum Gasteiger partial charge on any atom is -0.487 e. The Morgan fingerprint density at radius 1 is 1.14 bits per heavy atom. The molecule has 3 aromatic rings. The molecule has 0 saturated carbocycles. The number of halogens is 3. The SMILES string of the molecule is CC(C)(O)CC(=O)N1CCc2cc(Cn3ccc(OCc4ccc(F)cc4F)c(Cl)c3=O)ccc2C1. The Bertz CT molecular complexity index is 1350. The Kier molecular flexibility index (Phi) is 7.47. The maximum absolute atomic E-state index is 13.8. The van der Waals surface area contributed by atoms with E-state index in [1.165, 1.54) is 16.7 Å². The lowest BCUT2D eigenvalue weighted by molar-refractivity contribution is -0.136. The zero-order valence-electron chi connectivity index (χ0n) is 20.1. The molecule has 1 aliphatic heterocycles. The summed E-state index contributed by atoms with van der Waals surface area (Å²) in [5.74, 6) is -1.39. The van der Waals surface area contributed by atoms with Crippen LogP contribution in [0.4, 0.5) is 8.78 Å². The third kappa shape index (κ3) is 6.12. The van der Waals surface area contributed by atoms with Crippen molar-refractivity contribution in [1.29, 1.82) is 0 Å². The van der Waals surface area contributed by atoms with Gasteiger partial charge in [0.2, 0.25) is 5.91 Å². The summed E-state index contributed by atoms with van der Waals surface area (Å²) >= 11 is 6.24. The molecule has 0 unspecified atom stereocenters. The molecule has 1 amide bonds. The van der Waals surface area contributed by atoms with Crippen molar-refractivity contribution < 1.29 is 23.4 Å². The molecule has 0 fully saturated rings. The number of fused-ring (bicyclic) bond motifs is 1. The molecule has 1 aliphatic rings. The number of hydrogen-bond donors (Lipinski definition) is 1. The molecule has 6 nitrogen and oxygen atoms in total. The van der Waals surface area contributed by atoms with E-state index in [9.17, 15) is 23.5 Å². The average molecular weight is 517 g/mol. The molecule has 0 aliphatic carbocycles. The van der Waals surface area contributed by atoms with Gasteiger partial charge in [0.1, 0.15) is 29.0 Å². The van der Waals surface area contributed by atoms with Gasteiger partial charge in [0.15, 0.2) is 0 Å². The van der Waals surface area contributed by atoms with Gasteiger partial charge in [-0.15, -0.1) is 0 Å². The zero-order valence-corrected chi connectivity index (χ0v) is 20.8. The number of carbonyl (C=O) groups excluding carboxylic acids is 1. The Hall–Kier alpha value is -3.23. The highest BCUT2D eigenvalue weighted by Gasteiger charge is 2.26. The van der Waals surface area contributed by atoms with Crippen molar-refractivity contribution in [3.63, 3.8) is 0 Å². The highest BCUT2D eigenvalue weighted by atomic mass is 35.5. The maximum atomic E-state index is 13.8. The minimum absolute atomic E-state index is 0.0721. The average Bonchev–Trinajstić information content (AvgIpc) is 2.81. The first-order valence-corrected chi connectivity index (χ1v) is 11.9. The number of hydrogen-bond acceptors (Lipinski definition) is 4. The predicted molar refractivity (Wildman–Crippen MR) is 132 cm³/mol. The topological polar surface area (TPSA) is 71.8 Å². The summed E-state index contributed by atoms with van der Waals surface area (Å²) in [7, 11) is 0. The first kappa shape index (κ1) is 25.9. The van der Waals surface area contributed by atoms with Gasteiger partial charge in [0.25, 0.3) is 5.56 Å². The van der Waals surface area contributed by atoms with E-state index in [1.54, 1.807) is 24.9 Å². The van der Waals surface area contributed by atoms with E-state index in [0.29, 0.717) is 26.1 Å². The van der Waals surface area contributed by atoms with E-state index in [-0.39, 0.29) is 35.3 Å². The van der Waals surface area contributed by atoms with Crippen LogP contribution in [0.1, 0.15) is 42.5 Å². The van der Waals surface area contributed by atoms with Crippen molar-refractivity contribution in [2.45, 2.75) is 52.0 Å². The lowest BCUT2D eigenvalue weighted by Gasteiger charge is -2.31. The van der Waals surface area contributed by atoms with E-state index in [4.69, 9.17) is 16.3 Å². The number of aromatic nitrogens is 1. The number of aliphatic hydroxyl groups is 1. The van der Waals surface area contributed by atoms with Gasteiger partial charge < -0.3 is 19.3 Å². The first-order valence-electron chi connectivity index (χ1n) is 11.6. The van der Waals surface area contributed by atoms with Crippen LogP contribution in [0, 0.1) is 11.6 Å². The normalized spacial score (nSPS) is 13.4. The Morgan fingerprint density at radius 2 is 1.92 bits per heavy atom. The van der Waals surface area contributed by atoms with Gasteiger partial charge in [-0.1, -0.05) is 29.8 Å². The van der Waals surface area contributed by atoms with Crippen LogP contribution in [0.5, 0.6) is 5.75 Å². The lowest BCUT2D eigenvalue weighted by atomic mass is 9.96. The van der Waals surface area contributed by atoms with Crippen LogP contribution in [0.25, 0.3) is 0 Å². The van der Waals surface area contributed by atoms with Gasteiger partial charge in [-0.25, -0.2) is 8.78 Å². The summed E-state index contributed by atoms with van der Waals surface area (Å²) in [5, 5.41) is 9.81. The van der Waals surface area contributed by atoms with E-state index in [1.807, 2.05) is 18.2 Å². The van der Waals surface area contributed by atoms with Crippen molar-refractivity contribution in [2.75, 3.05) is 6.54 Å². The molecule has 0 saturated heterocycles. The second-order valence-corrected chi connectivity index (χ2v) is 9.99. The number of carbonyl (C=O) groups is 1. The molecule has 0 spiro atoms. The van der Waals surface area contributed by atoms with E-state index in [2.05, 4.69) is 0 Å². The maximum Gasteiger partial charge on any atom is 0.273 e. The fraction of sp³-hybridized carbons (Fsp3) is 0.333. The van der Waals surface area contributed by atoms with Gasteiger partial charge >= 0.3 is 0 Å². The number of pyridine rings is 1. The quantitative estimate of drug-likeness (QED) is 0.503. The smallest absolute Gasteiger partial charge is 0.273 e. The summed E-state index contributed by atoms with van der Waals surface area (Å²) < 4.78 is 33.9. The highest BCUT2D eigenvalue weighted by molar-refractivity contribution is 6.31. The Morgan fingerprint density at radius 3 is 2.64 bits per heavy atom. The predicted octanol–water partition coefficient (Wildman–Crippen LogP) is 4.45. The summed E-state index contributed by atoms with van der Waals surface area (Å²) in [6.45, 7) is 4.38. The second-order valence-electron chi connectivity index (χ2n) is 9.61. The van der Waals surface area contributed by atoms with Gasteiger partial charge in [0.05, 0.1) is 18.6 Å². The molecule has 0 radical (unpaired) electrons. The number of nitrogens with zero attached hydrogens (tertiary/aromatic N) is 2. The van der Waals surface area contributed by atoms with Gasteiger partial charge in [-0.05, 0) is 55.2 Å². The Balaban J connectivity index is 1.43. The first-order chi connectivity index (χ1) is 17.0. The van der Waals surface area contributed by atoms with Gasteiger partial charge in [-0.3, -0.25) is 9.59 Å². The van der Waals surface area contributed by atoms with Crippen molar-refractivity contribution in [3.8, 4) is 5.75 Å². The van der Waals surface area contributed by atoms with Crippen LogP contribution in [0.3, 0.4) is 0 Å². The fourth-order valence-electron chi connectivity index (χ4n) is 4.16. The molecular weight excluding hydrogens is 490 g/mol. The monoisotopic (exact) mass is 516 g/mol. The number of rotatable bonds is 7. The molecule has 2 heterocycles. The molecule has 4 rings (SSSR count). The molecule has 1 aromatic heterocycles. The molecular formula is C27H27ClF2N2O4. The molecule has 9 heteroatoms. The van der Waals surface area contributed by atoms with Gasteiger partial charge in [-0.2, -0.15) is 0 Å². The van der Waals surface area contributed by atoms with Crippen LogP contribution in [-0.4, -0.2) is 32.6 Å². The standard InChI is InChI=1S/C27H27ClF2N2O4/c1-27(2,35)13-24(33)31-9-7-18-11-17(3-4-19(18)15-31)14-32-10-8-23(25(28)26(32)34)36-16-20-5-6-21(29)12-22(20)30/h3-6,8,10-12,35H,7,9,13-16H2,1-2H3. The number of benzene rings is 2. The summed E-state index contributed by atoms with van der Waals surface area (Å²) in [6.07, 6.45) is 2.31. The Labute approximate surface area is 212 Å². The highest BCUT2D eigenvalue weighted by Crippen LogP contribution is 2.24. The number of ether oxygens (including phenoxy) is 1. The van der Waals surface area contributed by atoms with Crippen molar-refractivity contribution in [3.05, 3.63) is 97.9 Å². The lowest BCUT2D eigenvalue weighted by Crippen LogP contribution is -2.39. The molecule has 2 aromatic carbocycles. The second kappa shape index (κ2) is 10.4. The van der Waals surface area contributed by atoms with E-state index in [0.717, 1.165) is 28.8 Å². The summed E-state index contributed by atoms with van der Waals surface area (Å²) in [6, 6.07) is 10.6. The molecule has 0 bridgehead atoms. The van der Waals surface area contributed by atoms with Crippen molar-refractivity contribution in [2.24, 2.45) is 0 Å². The molecule has 190 valence electrons. The summed E-state index contributed by atoms with van der Waals surface area (Å²) in [5.41, 5.74) is 1.70. The van der Waals surface area contributed by atoms with Crippen LogP contribution < -0.4 is 10.3 Å². The summed E-state index contributed by atoms with van der Waals surface area (Å²) in [4.78, 5) is 27.0. The molecule has 1 N–H and O–H groups in total. The fourth-order valence-corrected chi connectivity index (χ4v) is 4.38. The van der Waals surface area contributed by atoms with Crippen LogP contribution in [0.15, 0.2) is 53.5 Å². The van der Waals surface area contributed by atoms with E-state index < -0.39 is 22.8 Å². The molecule has 36 heavy (non-hydrogen) atoms. The van der Waals surface area contributed by atoms with E-state index >= 15 is 0 Å². The zero-order chi connectivity index (χ0) is 26.0. The van der Waals surface area contributed by atoms with Crippen LogP contribution in [0.2, 0.25) is 5.02 Å². The third-order valence-electron chi connectivity index (χ3n) is 6.04. The van der Waals surface area contributed by atoms with Crippen LogP contribution >= 0.6 is 11.6 Å². The number of amides is 1. The van der Waals surface area contributed by atoms with Crippen molar-refractivity contribution in [1.82, 2.24) is 9.47 Å². The largest absolute Gasteiger partial charge is 0.487 e. The molecule has 0 atom stereocenters. The van der Waals surface area contributed by atoms with Gasteiger partial charge in [0, 0.05) is 30.9 Å². The minimum atomic E-state index is -1.05.